The molecule has 1 amide bonds. The largest absolute Gasteiger partial charge is 0.452 e. The summed E-state index contributed by atoms with van der Waals surface area (Å²) in [5.41, 5.74) is 0.602. The Morgan fingerprint density at radius 1 is 1.27 bits per heavy atom. The van der Waals surface area contributed by atoms with Crippen molar-refractivity contribution in [2.24, 2.45) is 0 Å². The van der Waals surface area contributed by atoms with Gasteiger partial charge in [0, 0.05) is 19.2 Å². The molecule has 1 aliphatic heterocycles. The molecule has 0 unspecified atom stereocenters. The van der Waals surface area contributed by atoms with Crippen molar-refractivity contribution in [2.45, 2.75) is 0 Å². The van der Waals surface area contributed by atoms with Crippen molar-refractivity contribution >= 4 is 41.2 Å². The second kappa shape index (κ2) is 8.17. The van der Waals surface area contributed by atoms with Crippen molar-refractivity contribution in [3.05, 3.63) is 39.9 Å². The minimum absolute atomic E-state index is 0.231. The third-order valence-electron chi connectivity index (χ3n) is 3.08. The van der Waals surface area contributed by atoms with Crippen molar-refractivity contribution in [3.63, 3.8) is 0 Å². The van der Waals surface area contributed by atoms with Gasteiger partial charge in [0.15, 0.2) is 6.61 Å². The van der Waals surface area contributed by atoms with Gasteiger partial charge in [0.2, 0.25) is 0 Å². The molecule has 0 bridgehead atoms. The van der Waals surface area contributed by atoms with E-state index in [0.29, 0.717) is 41.9 Å². The van der Waals surface area contributed by atoms with Crippen LogP contribution in [0.3, 0.4) is 0 Å². The number of carbonyl (C=O) groups is 2. The molecule has 2 rings (SSSR count). The Balaban J connectivity index is 1.83. The summed E-state index contributed by atoms with van der Waals surface area (Å²) in [6.07, 6.45) is 2.71. The molecule has 118 valence electrons. The quantitative estimate of drug-likeness (QED) is 0.622. The monoisotopic (exact) mass is 343 g/mol. The molecule has 5 nitrogen and oxygen atoms in total. The summed E-state index contributed by atoms with van der Waals surface area (Å²) in [7, 11) is 0. The first kappa shape index (κ1) is 16.8. The molecular weight excluding hydrogens is 329 g/mol. The van der Waals surface area contributed by atoms with Crippen molar-refractivity contribution in [1.29, 1.82) is 0 Å². The molecule has 0 atom stereocenters. The van der Waals surface area contributed by atoms with Crippen LogP contribution in [-0.2, 0) is 19.1 Å². The van der Waals surface area contributed by atoms with Gasteiger partial charge in [-0.3, -0.25) is 4.79 Å². The molecular formula is C15H15Cl2NO4. The number of rotatable bonds is 4. The van der Waals surface area contributed by atoms with E-state index < -0.39 is 5.97 Å². The Morgan fingerprint density at radius 3 is 2.73 bits per heavy atom. The summed E-state index contributed by atoms with van der Waals surface area (Å²) < 4.78 is 10.1. The SMILES string of the molecule is O=C(/C=C/c1cccc(Cl)c1Cl)OCC(=O)N1CCOCC1. The molecule has 22 heavy (non-hydrogen) atoms. The number of hydrogen-bond donors (Lipinski definition) is 0. The zero-order chi connectivity index (χ0) is 15.9. The maximum atomic E-state index is 11.8. The molecule has 0 N–H and O–H groups in total. The van der Waals surface area contributed by atoms with Gasteiger partial charge in [0.05, 0.1) is 23.3 Å². The predicted octanol–water partition coefficient (Wildman–Crippen LogP) is 2.41. The smallest absolute Gasteiger partial charge is 0.331 e. The highest BCUT2D eigenvalue weighted by Gasteiger charge is 2.17. The molecule has 0 saturated carbocycles. The van der Waals surface area contributed by atoms with Crippen LogP contribution in [0.15, 0.2) is 24.3 Å². The molecule has 0 spiro atoms. The van der Waals surface area contributed by atoms with Gasteiger partial charge < -0.3 is 14.4 Å². The fraction of sp³-hybridized carbons (Fsp3) is 0.333. The van der Waals surface area contributed by atoms with Gasteiger partial charge in [-0.15, -0.1) is 0 Å². The number of ether oxygens (including phenoxy) is 2. The Morgan fingerprint density at radius 2 is 2.00 bits per heavy atom. The predicted molar refractivity (Wildman–Crippen MR) is 83.9 cm³/mol. The first-order valence-corrected chi connectivity index (χ1v) is 7.48. The Bertz CT molecular complexity index is 583. The van der Waals surface area contributed by atoms with Crippen LogP contribution >= 0.6 is 23.2 Å². The molecule has 1 aromatic carbocycles. The Hall–Kier alpha value is -1.56. The molecule has 1 aromatic rings. The molecule has 7 heteroatoms. The van der Waals surface area contributed by atoms with E-state index in [9.17, 15) is 9.59 Å². The third kappa shape index (κ3) is 4.73. The lowest BCUT2D eigenvalue weighted by atomic mass is 10.2. The average Bonchev–Trinajstić information content (AvgIpc) is 2.54. The number of morpholine rings is 1. The maximum absolute atomic E-state index is 11.8. The van der Waals surface area contributed by atoms with E-state index >= 15 is 0 Å². The third-order valence-corrected chi connectivity index (χ3v) is 3.92. The lowest BCUT2D eigenvalue weighted by Gasteiger charge is -2.26. The average molecular weight is 344 g/mol. The minimum atomic E-state index is -0.613. The summed E-state index contributed by atoms with van der Waals surface area (Å²) >= 11 is 11.9. The van der Waals surface area contributed by atoms with E-state index in [2.05, 4.69) is 0 Å². The van der Waals surface area contributed by atoms with Crippen LogP contribution in [0.2, 0.25) is 10.0 Å². The van der Waals surface area contributed by atoms with Crippen molar-refractivity contribution < 1.29 is 19.1 Å². The molecule has 0 aliphatic carbocycles. The summed E-state index contributed by atoms with van der Waals surface area (Å²) in [4.78, 5) is 25.0. The van der Waals surface area contributed by atoms with Gasteiger partial charge >= 0.3 is 5.97 Å². The van der Waals surface area contributed by atoms with Crippen molar-refractivity contribution in [1.82, 2.24) is 4.90 Å². The van der Waals surface area contributed by atoms with E-state index in [0.717, 1.165) is 0 Å². The lowest BCUT2D eigenvalue weighted by molar-refractivity contribution is -0.150. The molecule has 0 aromatic heterocycles. The van der Waals surface area contributed by atoms with Gasteiger partial charge in [-0.2, -0.15) is 0 Å². The van der Waals surface area contributed by atoms with Crippen molar-refractivity contribution in [3.8, 4) is 0 Å². The zero-order valence-electron chi connectivity index (χ0n) is 11.8. The molecule has 1 fully saturated rings. The second-order valence-electron chi connectivity index (χ2n) is 4.58. The van der Waals surface area contributed by atoms with Crippen LogP contribution in [0.1, 0.15) is 5.56 Å². The summed E-state index contributed by atoms with van der Waals surface area (Å²) in [5.74, 6) is -0.844. The number of esters is 1. The molecule has 1 heterocycles. The summed E-state index contributed by atoms with van der Waals surface area (Å²) in [6.45, 7) is 1.76. The van der Waals surface area contributed by atoms with E-state index in [4.69, 9.17) is 32.7 Å². The highest BCUT2D eigenvalue weighted by Crippen LogP contribution is 2.26. The highest BCUT2D eigenvalue weighted by molar-refractivity contribution is 6.42. The van der Waals surface area contributed by atoms with Crippen LogP contribution in [0.4, 0.5) is 0 Å². The van der Waals surface area contributed by atoms with Gasteiger partial charge in [0.1, 0.15) is 0 Å². The second-order valence-corrected chi connectivity index (χ2v) is 5.36. The van der Waals surface area contributed by atoms with Crippen LogP contribution < -0.4 is 0 Å². The standard InChI is InChI=1S/C15H15Cl2NO4/c16-12-3-1-2-11(15(12)17)4-5-14(20)22-10-13(19)18-6-8-21-9-7-18/h1-5H,6-10H2/b5-4+. The van der Waals surface area contributed by atoms with Gasteiger partial charge in [0.25, 0.3) is 5.91 Å². The Labute approximate surface area is 138 Å². The number of nitrogens with zero attached hydrogens (tertiary/aromatic N) is 1. The van der Waals surface area contributed by atoms with Gasteiger partial charge in [-0.1, -0.05) is 35.3 Å². The molecule has 0 radical (unpaired) electrons. The topological polar surface area (TPSA) is 55.8 Å². The number of carbonyl (C=O) groups excluding carboxylic acids is 2. The van der Waals surface area contributed by atoms with E-state index in [-0.39, 0.29) is 12.5 Å². The van der Waals surface area contributed by atoms with E-state index in [1.807, 2.05) is 0 Å². The number of halogens is 2. The highest BCUT2D eigenvalue weighted by atomic mass is 35.5. The minimum Gasteiger partial charge on any atom is -0.452 e. The Kier molecular flexibility index (Phi) is 6.24. The lowest BCUT2D eigenvalue weighted by Crippen LogP contribution is -2.42. The first-order chi connectivity index (χ1) is 10.6. The van der Waals surface area contributed by atoms with Gasteiger partial charge in [-0.25, -0.2) is 4.79 Å². The zero-order valence-corrected chi connectivity index (χ0v) is 13.3. The number of amides is 1. The maximum Gasteiger partial charge on any atom is 0.331 e. The van der Waals surface area contributed by atoms with Crippen LogP contribution in [-0.4, -0.2) is 49.7 Å². The summed E-state index contributed by atoms with van der Waals surface area (Å²) in [6, 6.07) is 5.10. The first-order valence-electron chi connectivity index (χ1n) is 6.72. The van der Waals surface area contributed by atoms with Crippen molar-refractivity contribution in [2.75, 3.05) is 32.9 Å². The van der Waals surface area contributed by atoms with Crippen LogP contribution in [0, 0.1) is 0 Å². The number of benzene rings is 1. The molecule has 1 saturated heterocycles. The van der Waals surface area contributed by atoms with Gasteiger partial charge in [-0.05, 0) is 17.7 Å². The fourth-order valence-electron chi connectivity index (χ4n) is 1.89. The van der Waals surface area contributed by atoms with E-state index in [1.54, 1.807) is 23.1 Å². The van der Waals surface area contributed by atoms with Crippen LogP contribution in [0.25, 0.3) is 6.08 Å². The molecule has 1 aliphatic rings. The normalized spacial score (nSPS) is 15.1. The van der Waals surface area contributed by atoms with E-state index in [1.165, 1.54) is 12.2 Å². The van der Waals surface area contributed by atoms with Crippen LogP contribution in [0.5, 0.6) is 0 Å². The number of hydrogen-bond acceptors (Lipinski definition) is 4. The fourth-order valence-corrected chi connectivity index (χ4v) is 2.26. The summed E-state index contributed by atoms with van der Waals surface area (Å²) in [5, 5.41) is 0.761.